The summed E-state index contributed by atoms with van der Waals surface area (Å²) in [6.45, 7) is 13.3. The van der Waals surface area contributed by atoms with Crippen LogP contribution in [0, 0.1) is 12.1 Å². The predicted molar refractivity (Wildman–Crippen MR) is 181 cm³/mol. The molecule has 45 heavy (non-hydrogen) atoms. The van der Waals surface area contributed by atoms with Gasteiger partial charge in [-0.05, 0) is 57.0 Å². The molecule has 0 atom stereocenters. The molecule has 0 amide bonds. The van der Waals surface area contributed by atoms with Crippen molar-refractivity contribution in [3.05, 3.63) is 102 Å². The monoisotopic (exact) mass is 788 g/mol. The van der Waals surface area contributed by atoms with E-state index < -0.39 is 0 Å². The van der Waals surface area contributed by atoms with Gasteiger partial charge in [0.25, 0.3) is 0 Å². The van der Waals surface area contributed by atoms with Crippen LogP contribution in [-0.2, 0) is 31.9 Å². The number of fused-ring (bicyclic) bond motifs is 8. The van der Waals surface area contributed by atoms with Crippen LogP contribution < -0.4 is 4.74 Å². The van der Waals surface area contributed by atoms with Crippen molar-refractivity contribution in [3.8, 4) is 17.3 Å². The summed E-state index contributed by atoms with van der Waals surface area (Å²) < 4.78 is 15.9. The second kappa shape index (κ2) is 10.5. The number of pyridine rings is 2. The number of thiophene rings is 1. The number of hydrogen-bond donors (Lipinski definition) is 0. The van der Waals surface area contributed by atoms with Gasteiger partial charge in [0.2, 0.25) is 0 Å². The maximum Gasteiger partial charge on any atom is 2.00 e. The first-order valence-electron chi connectivity index (χ1n) is 14.8. The van der Waals surface area contributed by atoms with Crippen molar-refractivity contribution in [2.45, 2.75) is 52.4 Å². The van der Waals surface area contributed by atoms with Crippen LogP contribution in [0.1, 0.15) is 52.7 Å². The summed E-state index contributed by atoms with van der Waals surface area (Å²) in [7, 11) is 0. The van der Waals surface area contributed by atoms with E-state index in [0.29, 0.717) is 11.5 Å². The molecule has 0 aliphatic carbocycles. The molecule has 0 aliphatic heterocycles. The molecular formula is C38H31N3O2PtS. The third-order valence-corrected chi connectivity index (χ3v) is 9.32. The largest absolute Gasteiger partial charge is 2.00 e. The quantitative estimate of drug-likeness (QED) is 0.167. The molecule has 7 heteroatoms. The molecule has 226 valence electrons. The number of benzene rings is 3. The van der Waals surface area contributed by atoms with Crippen LogP contribution in [0.4, 0.5) is 0 Å². The standard InChI is InChI=1S/C38H31N3O2S.Pt/c1-37(2,3)22-15-16-39-33(18-22)41-29-10-8-7-9-26(29)27-13-11-25(20-30(27)41)42-24-12-14-31-28(19-24)34-35-32(44-36(34)43-31)17-23(21-40-35)38(4,5)6;/h7-18,21H,1-6H3;/q-2;+2. The van der Waals surface area contributed by atoms with Crippen LogP contribution in [0.5, 0.6) is 11.5 Å². The molecule has 0 radical (unpaired) electrons. The first-order valence-corrected chi connectivity index (χ1v) is 15.6. The molecule has 0 N–H and O–H groups in total. The molecule has 5 nitrogen and oxygen atoms in total. The molecule has 0 fully saturated rings. The van der Waals surface area contributed by atoms with Gasteiger partial charge in [0.15, 0.2) is 0 Å². The summed E-state index contributed by atoms with van der Waals surface area (Å²) in [4.78, 5) is 10.5. The fraction of sp³-hybridized carbons (Fsp3) is 0.211. The average molecular weight is 789 g/mol. The molecule has 0 spiro atoms. The van der Waals surface area contributed by atoms with Gasteiger partial charge in [0.05, 0.1) is 5.52 Å². The van der Waals surface area contributed by atoms with Gasteiger partial charge in [-0.25, -0.2) is 4.98 Å². The van der Waals surface area contributed by atoms with E-state index in [-0.39, 0.29) is 31.9 Å². The van der Waals surface area contributed by atoms with Crippen molar-refractivity contribution in [1.29, 1.82) is 0 Å². The van der Waals surface area contributed by atoms with E-state index in [4.69, 9.17) is 19.1 Å². The third-order valence-electron chi connectivity index (χ3n) is 8.31. The topological polar surface area (TPSA) is 53.1 Å². The van der Waals surface area contributed by atoms with Gasteiger partial charge in [-0.1, -0.05) is 88.8 Å². The van der Waals surface area contributed by atoms with Gasteiger partial charge in [0.1, 0.15) is 10.7 Å². The zero-order valence-electron chi connectivity index (χ0n) is 25.9. The molecule has 0 aliphatic rings. The fourth-order valence-corrected chi connectivity index (χ4v) is 6.92. The Morgan fingerprint density at radius 3 is 2.36 bits per heavy atom. The van der Waals surface area contributed by atoms with E-state index in [1.54, 1.807) is 11.3 Å². The second-order valence-electron chi connectivity index (χ2n) is 13.4. The Kier molecular flexibility index (Phi) is 6.96. The molecule has 8 aromatic rings. The SMILES string of the molecule is CC(C)(C)c1ccnc(-n2c3[c-]c(Oc4[c-]c5c(cc4)oc4sc6cc(C(C)(C)C)cnc6c45)ccc3c3ccccc32)c1.[Pt+2]. The van der Waals surface area contributed by atoms with Crippen LogP contribution in [0.3, 0.4) is 0 Å². The number of hydrogen-bond acceptors (Lipinski definition) is 5. The van der Waals surface area contributed by atoms with Gasteiger partial charge in [0, 0.05) is 39.7 Å². The van der Waals surface area contributed by atoms with E-state index in [2.05, 4.69) is 107 Å². The summed E-state index contributed by atoms with van der Waals surface area (Å²) in [6.07, 6.45) is 3.86. The van der Waals surface area contributed by atoms with E-state index in [0.717, 1.165) is 59.1 Å². The van der Waals surface area contributed by atoms with Crippen molar-refractivity contribution in [3.63, 3.8) is 0 Å². The maximum absolute atomic E-state index is 6.43. The Hall–Kier alpha value is -3.99. The van der Waals surface area contributed by atoms with Crippen LogP contribution in [0.15, 0.2) is 83.5 Å². The Labute approximate surface area is 280 Å². The normalized spacial score (nSPS) is 12.5. The van der Waals surface area contributed by atoms with Crippen LogP contribution in [-0.4, -0.2) is 14.5 Å². The number of rotatable bonds is 3. The van der Waals surface area contributed by atoms with Gasteiger partial charge >= 0.3 is 21.1 Å². The zero-order valence-corrected chi connectivity index (χ0v) is 29.0. The minimum Gasteiger partial charge on any atom is -0.503 e. The van der Waals surface area contributed by atoms with E-state index in [1.807, 2.05) is 30.6 Å². The van der Waals surface area contributed by atoms with Gasteiger partial charge in [-0.3, -0.25) is 4.98 Å². The second-order valence-corrected chi connectivity index (χ2v) is 14.5. The van der Waals surface area contributed by atoms with E-state index >= 15 is 0 Å². The van der Waals surface area contributed by atoms with Crippen LogP contribution >= 0.6 is 11.3 Å². The molecule has 0 saturated carbocycles. The molecular weight excluding hydrogens is 758 g/mol. The minimum absolute atomic E-state index is 0. The maximum atomic E-state index is 6.43. The summed E-state index contributed by atoms with van der Waals surface area (Å²) in [5, 5.41) is 4.10. The van der Waals surface area contributed by atoms with Gasteiger partial charge < -0.3 is 13.7 Å². The number of ether oxygens (including phenoxy) is 1. The molecule has 0 unspecified atom stereocenters. The Morgan fingerprint density at radius 2 is 1.56 bits per heavy atom. The van der Waals surface area contributed by atoms with Crippen LogP contribution in [0.25, 0.3) is 59.1 Å². The van der Waals surface area contributed by atoms with Gasteiger partial charge in [-0.2, -0.15) is 6.07 Å². The minimum atomic E-state index is -0.000400. The molecule has 5 heterocycles. The van der Waals surface area contributed by atoms with Gasteiger partial charge in [-0.15, -0.1) is 28.9 Å². The number of para-hydroxylation sites is 1. The molecule has 5 aromatic heterocycles. The van der Waals surface area contributed by atoms with Crippen molar-refractivity contribution >= 4 is 64.6 Å². The van der Waals surface area contributed by atoms with E-state index in [1.165, 1.54) is 11.1 Å². The third kappa shape index (κ3) is 4.95. The number of aromatic nitrogens is 3. The molecule has 3 aromatic carbocycles. The summed E-state index contributed by atoms with van der Waals surface area (Å²) in [5.41, 5.74) is 6.15. The molecule has 8 rings (SSSR count). The Morgan fingerprint density at radius 1 is 0.800 bits per heavy atom. The molecule has 0 bridgehead atoms. The van der Waals surface area contributed by atoms with Crippen molar-refractivity contribution in [2.24, 2.45) is 0 Å². The number of nitrogens with zero attached hydrogens (tertiary/aromatic N) is 3. The Bertz CT molecular complexity index is 2400. The summed E-state index contributed by atoms with van der Waals surface area (Å²) in [6, 6.07) is 29.8. The smallest absolute Gasteiger partial charge is 0.503 e. The average Bonchev–Trinajstić information content (AvgIpc) is 3.63. The molecule has 0 saturated heterocycles. The number of furan rings is 1. The summed E-state index contributed by atoms with van der Waals surface area (Å²) in [5.74, 6) is 2.06. The van der Waals surface area contributed by atoms with Crippen LogP contribution in [0.2, 0.25) is 0 Å². The van der Waals surface area contributed by atoms with Crippen molar-refractivity contribution in [1.82, 2.24) is 14.5 Å². The first kappa shape index (κ1) is 29.7. The first-order chi connectivity index (χ1) is 21.0. The van der Waals surface area contributed by atoms with Crippen molar-refractivity contribution < 1.29 is 30.2 Å². The fourth-order valence-electron chi connectivity index (χ4n) is 5.85. The van der Waals surface area contributed by atoms with Crippen molar-refractivity contribution in [2.75, 3.05) is 0 Å². The zero-order chi connectivity index (χ0) is 30.4. The predicted octanol–water partition coefficient (Wildman–Crippen LogP) is 10.7. The summed E-state index contributed by atoms with van der Waals surface area (Å²) >= 11 is 1.63. The van der Waals surface area contributed by atoms with E-state index in [9.17, 15) is 0 Å². The Balaban J connectivity index is 0.00000325.